The van der Waals surface area contributed by atoms with Gasteiger partial charge < -0.3 is 10.1 Å². The highest BCUT2D eigenvalue weighted by atomic mass is 16.5. The minimum absolute atomic E-state index is 0.0441. The fourth-order valence-electron chi connectivity index (χ4n) is 1.80. The molecule has 0 rings (SSSR count). The monoisotopic (exact) mass is 243 g/mol. The molecule has 1 unspecified atom stereocenters. The molecule has 1 atom stereocenters. The first-order chi connectivity index (χ1) is 8.20. The number of rotatable bonds is 11. The minimum atomic E-state index is 0.0441. The molecule has 0 heterocycles. The molecular weight excluding hydrogens is 218 g/mol. The quantitative estimate of drug-likeness (QED) is 0.447. The molecule has 0 aromatic carbocycles. The Morgan fingerprint density at radius 2 is 2.12 bits per heavy atom. The largest absolute Gasteiger partial charge is 0.466 e. The van der Waals surface area contributed by atoms with Crippen molar-refractivity contribution in [2.75, 3.05) is 13.2 Å². The molecule has 0 aliphatic heterocycles. The number of unbranched alkanes of at least 4 members (excludes halogenated alkanes) is 1. The van der Waals surface area contributed by atoms with Crippen molar-refractivity contribution in [1.29, 1.82) is 0 Å². The summed E-state index contributed by atoms with van der Waals surface area (Å²) in [6.07, 6.45) is 6.33. The summed E-state index contributed by atoms with van der Waals surface area (Å²) in [6, 6.07) is 0. The maximum Gasteiger partial charge on any atom is 0.293 e. The highest BCUT2D eigenvalue weighted by Crippen LogP contribution is 2.14. The summed E-state index contributed by atoms with van der Waals surface area (Å²) in [5.41, 5.74) is 0. The molecule has 0 aromatic heterocycles. The van der Waals surface area contributed by atoms with Gasteiger partial charge in [0.15, 0.2) is 0 Å². The van der Waals surface area contributed by atoms with Crippen LogP contribution >= 0.6 is 0 Å². The van der Waals surface area contributed by atoms with E-state index in [0.29, 0.717) is 19.4 Å². The van der Waals surface area contributed by atoms with Gasteiger partial charge in [-0.2, -0.15) is 0 Å². The lowest BCUT2D eigenvalue weighted by atomic mass is 9.99. The molecule has 0 saturated heterocycles. The number of hydrogen-bond donors (Lipinski definition) is 1. The van der Waals surface area contributed by atoms with E-state index < -0.39 is 0 Å². The van der Waals surface area contributed by atoms with Crippen molar-refractivity contribution in [1.82, 2.24) is 5.32 Å². The summed E-state index contributed by atoms with van der Waals surface area (Å²) in [4.78, 5) is 21.2. The van der Waals surface area contributed by atoms with E-state index in [1.807, 2.05) is 0 Å². The molecule has 0 saturated carbocycles. The fraction of sp³-hybridized carbons (Fsp3) is 0.846. The van der Waals surface area contributed by atoms with Crippen LogP contribution < -0.4 is 5.32 Å². The molecule has 1 N–H and O–H groups in total. The standard InChI is InChI=1S/C13H25NO3/c1-3-6-12(2)7-4-5-8-13(16)14-9-10-17-11-15/h11-12H,3-10H2,1-2H3,(H,14,16). The predicted octanol–water partition coefficient (Wildman–Crippen LogP) is 2.27. The molecule has 0 aliphatic rings. The number of hydrogen-bond acceptors (Lipinski definition) is 3. The van der Waals surface area contributed by atoms with Crippen molar-refractivity contribution in [3.05, 3.63) is 0 Å². The smallest absolute Gasteiger partial charge is 0.293 e. The molecule has 0 fully saturated rings. The van der Waals surface area contributed by atoms with Crippen LogP contribution in [0.1, 0.15) is 52.4 Å². The van der Waals surface area contributed by atoms with Crippen LogP contribution in [0, 0.1) is 5.92 Å². The Bertz CT molecular complexity index is 207. The zero-order valence-electron chi connectivity index (χ0n) is 11.0. The van der Waals surface area contributed by atoms with Gasteiger partial charge in [-0.05, 0) is 12.3 Å². The highest BCUT2D eigenvalue weighted by Gasteiger charge is 2.03. The third-order valence-electron chi connectivity index (χ3n) is 2.74. The number of carbonyl (C=O) groups excluding carboxylic acids is 2. The first kappa shape index (κ1) is 15.9. The number of amides is 1. The maximum atomic E-state index is 11.3. The van der Waals surface area contributed by atoms with Gasteiger partial charge in [-0.25, -0.2) is 0 Å². The number of carbonyl (C=O) groups is 2. The Hall–Kier alpha value is -1.06. The molecule has 1 amide bonds. The van der Waals surface area contributed by atoms with Crippen molar-refractivity contribution in [3.8, 4) is 0 Å². The summed E-state index contributed by atoms with van der Waals surface area (Å²) in [6.45, 7) is 5.51. The Labute approximate surface area is 104 Å². The SMILES string of the molecule is CCCC(C)CCCCC(=O)NCCOC=O. The first-order valence-corrected chi connectivity index (χ1v) is 6.52. The summed E-state index contributed by atoms with van der Waals surface area (Å²) >= 11 is 0. The molecular formula is C13H25NO3. The molecule has 17 heavy (non-hydrogen) atoms. The minimum Gasteiger partial charge on any atom is -0.466 e. The normalized spacial score (nSPS) is 11.9. The van der Waals surface area contributed by atoms with Crippen LogP contribution in [0.2, 0.25) is 0 Å². The third kappa shape index (κ3) is 11.2. The second-order valence-corrected chi connectivity index (χ2v) is 4.46. The van der Waals surface area contributed by atoms with E-state index in [9.17, 15) is 9.59 Å². The lowest BCUT2D eigenvalue weighted by molar-refractivity contribution is -0.129. The van der Waals surface area contributed by atoms with Crippen LogP contribution in [0.5, 0.6) is 0 Å². The van der Waals surface area contributed by atoms with Gasteiger partial charge in [0.2, 0.25) is 5.91 Å². The third-order valence-corrected chi connectivity index (χ3v) is 2.74. The van der Waals surface area contributed by atoms with Crippen LogP contribution in [0.4, 0.5) is 0 Å². The van der Waals surface area contributed by atoms with Crippen LogP contribution in [-0.2, 0) is 14.3 Å². The van der Waals surface area contributed by atoms with Gasteiger partial charge in [-0.15, -0.1) is 0 Å². The lowest BCUT2D eigenvalue weighted by Gasteiger charge is -2.09. The van der Waals surface area contributed by atoms with E-state index in [2.05, 4.69) is 23.9 Å². The van der Waals surface area contributed by atoms with Crippen molar-refractivity contribution < 1.29 is 14.3 Å². The summed E-state index contributed by atoms with van der Waals surface area (Å²) in [7, 11) is 0. The Morgan fingerprint density at radius 1 is 1.35 bits per heavy atom. The zero-order valence-corrected chi connectivity index (χ0v) is 11.0. The Balaban J connectivity index is 3.29. The van der Waals surface area contributed by atoms with Crippen molar-refractivity contribution in [2.24, 2.45) is 5.92 Å². The van der Waals surface area contributed by atoms with Gasteiger partial charge in [0.05, 0.1) is 6.54 Å². The summed E-state index contributed by atoms with van der Waals surface area (Å²) < 4.78 is 4.47. The first-order valence-electron chi connectivity index (χ1n) is 6.52. The zero-order chi connectivity index (χ0) is 12.9. The second kappa shape index (κ2) is 11.4. The second-order valence-electron chi connectivity index (χ2n) is 4.46. The average molecular weight is 243 g/mol. The van der Waals surface area contributed by atoms with Crippen LogP contribution in [0.15, 0.2) is 0 Å². The number of nitrogens with one attached hydrogen (secondary N) is 1. The lowest BCUT2D eigenvalue weighted by Crippen LogP contribution is -2.26. The summed E-state index contributed by atoms with van der Waals surface area (Å²) in [5.74, 6) is 0.812. The fourth-order valence-corrected chi connectivity index (χ4v) is 1.80. The van der Waals surface area contributed by atoms with Crippen LogP contribution in [-0.4, -0.2) is 25.5 Å². The van der Waals surface area contributed by atoms with Gasteiger partial charge in [-0.3, -0.25) is 9.59 Å². The predicted molar refractivity (Wildman–Crippen MR) is 67.6 cm³/mol. The summed E-state index contributed by atoms with van der Waals surface area (Å²) in [5, 5.41) is 2.71. The average Bonchev–Trinajstić information content (AvgIpc) is 2.31. The van der Waals surface area contributed by atoms with Crippen LogP contribution in [0.3, 0.4) is 0 Å². The molecule has 0 bridgehead atoms. The van der Waals surface area contributed by atoms with E-state index >= 15 is 0 Å². The number of ether oxygens (including phenoxy) is 1. The van der Waals surface area contributed by atoms with E-state index in [0.717, 1.165) is 18.8 Å². The van der Waals surface area contributed by atoms with Gasteiger partial charge >= 0.3 is 0 Å². The maximum absolute atomic E-state index is 11.3. The van der Waals surface area contributed by atoms with E-state index in [1.54, 1.807) is 0 Å². The van der Waals surface area contributed by atoms with Gasteiger partial charge in [0, 0.05) is 6.42 Å². The highest BCUT2D eigenvalue weighted by molar-refractivity contribution is 5.75. The van der Waals surface area contributed by atoms with E-state index in [1.165, 1.54) is 19.3 Å². The molecule has 0 aromatic rings. The van der Waals surface area contributed by atoms with Crippen LogP contribution in [0.25, 0.3) is 0 Å². The molecule has 100 valence electrons. The van der Waals surface area contributed by atoms with Crippen molar-refractivity contribution in [2.45, 2.75) is 52.4 Å². The van der Waals surface area contributed by atoms with E-state index in [-0.39, 0.29) is 12.5 Å². The van der Waals surface area contributed by atoms with Gasteiger partial charge in [-0.1, -0.05) is 39.5 Å². The Morgan fingerprint density at radius 3 is 2.76 bits per heavy atom. The van der Waals surface area contributed by atoms with Gasteiger partial charge in [0.25, 0.3) is 6.47 Å². The molecule has 4 heteroatoms. The van der Waals surface area contributed by atoms with Crippen molar-refractivity contribution in [3.63, 3.8) is 0 Å². The molecule has 0 radical (unpaired) electrons. The van der Waals surface area contributed by atoms with Gasteiger partial charge in [0.1, 0.15) is 6.61 Å². The molecule has 0 aliphatic carbocycles. The van der Waals surface area contributed by atoms with E-state index in [4.69, 9.17) is 0 Å². The molecule has 0 spiro atoms. The molecule has 4 nitrogen and oxygen atoms in total. The Kier molecular flexibility index (Phi) is 10.7. The van der Waals surface area contributed by atoms with Crippen molar-refractivity contribution >= 4 is 12.4 Å². The topological polar surface area (TPSA) is 55.4 Å².